The van der Waals surface area contributed by atoms with Crippen molar-refractivity contribution in [2.75, 3.05) is 18.1 Å². The lowest BCUT2D eigenvalue weighted by Gasteiger charge is -2.31. The monoisotopic (exact) mass is 273 g/mol. The average molecular weight is 273 g/mol. The summed E-state index contributed by atoms with van der Waals surface area (Å²) >= 11 is 4.22. The van der Waals surface area contributed by atoms with Gasteiger partial charge in [0, 0.05) is 11.6 Å². The molecule has 0 aliphatic rings. The summed E-state index contributed by atoms with van der Waals surface area (Å²) in [7, 11) is 0. The van der Waals surface area contributed by atoms with Crippen LogP contribution in [-0.4, -0.2) is 33.1 Å². The molecule has 0 spiro atoms. The van der Waals surface area contributed by atoms with Crippen LogP contribution in [0.5, 0.6) is 0 Å². The third-order valence-electron chi connectivity index (χ3n) is 2.76. The second-order valence-electron chi connectivity index (χ2n) is 4.72. The maximum absolute atomic E-state index is 11.5. The normalized spacial score (nSPS) is 13.6. The average Bonchev–Trinajstić information content (AvgIpc) is 2.32. The Labute approximate surface area is 111 Å². The van der Waals surface area contributed by atoms with Gasteiger partial charge in [0.1, 0.15) is 12.5 Å². The molecule has 0 bridgehead atoms. The number of nitrogens with two attached hydrogens (primary N) is 1. The third-order valence-corrected chi connectivity index (χ3v) is 3.57. The van der Waals surface area contributed by atoms with Crippen LogP contribution < -0.4 is 11.4 Å². The van der Waals surface area contributed by atoms with E-state index in [1.165, 1.54) is 16.8 Å². The molecule has 0 saturated heterocycles. The number of hydrogen-bond acceptors (Lipinski definition) is 6. The zero-order valence-electron chi connectivity index (χ0n) is 10.5. The number of anilines is 1. The quantitative estimate of drug-likeness (QED) is 0.640. The lowest BCUT2D eigenvalue weighted by atomic mass is 9.89. The number of aliphatic hydroxyl groups excluding tert-OH is 1. The maximum atomic E-state index is 11.5. The number of nitrogen functional groups attached to an aromatic ring is 1. The molecular formula is C11H19N3O3S. The highest BCUT2D eigenvalue weighted by molar-refractivity contribution is 7.80. The zero-order valence-corrected chi connectivity index (χ0v) is 11.4. The van der Waals surface area contributed by atoms with Gasteiger partial charge in [0.15, 0.2) is 0 Å². The van der Waals surface area contributed by atoms with E-state index in [-0.39, 0.29) is 24.6 Å². The molecule has 1 unspecified atom stereocenters. The van der Waals surface area contributed by atoms with Gasteiger partial charge in [-0.05, 0) is 11.8 Å². The van der Waals surface area contributed by atoms with Gasteiger partial charge in [-0.3, -0.25) is 4.57 Å². The Bertz CT molecular complexity index is 447. The molecule has 1 aromatic rings. The molecule has 0 fully saturated rings. The highest BCUT2D eigenvalue weighted by Crippen LogP contribution is 2.24. The van der Waals surface area contributed by atoms with Crippen molar-refractivity contribution in [3.05, 3.63) is 22.7 Å². The van der Waals surface area contributed by atoms with E-state index in [1.54, 1.807) is 0 Å². The van der Waals surface area contributed by atoms with Gasteiger partial charge in [-0.15, -0.1) is 0 Å². The van der Waals surface area contributed by atoms with Gasteiger partial charge in [0.2, 0.25) is 0 Å². The van der Waals surface area contributed by atoms with Crippen LogP contribution in [0.25, 0.3) is 0 Å². The molecule has 6 nitrogen and oxygen atoms in total. The van der Waals surface area contributed by atoms with Crippen LogP contribution in [0.1, 0.15) is 13.8 Å². The first-order chi connectivity index (χ1) is 8.40. The van der Waals surface area contributed by atoms with E-state index >= 15 is 0 Å². The van der Waals surface area contributed by atoms with Crippen molar-refractivity contribution in [1.29, 1.82) is 0 Å². The molecule has 3 N–H and O–H groups in total. The van der Waals surface area contributed by atoms with Gasteiger partial charge < -0.3 is 15.6 Å². The molecule has 0 saturated carbocycles. The SMILES string of the molecule is CC(C)(CS)C(CO)OCn1ccc(N)nc1=O. The van der Waals surface area contributed by atoms with Crippen molar-refractivity contribution in [2.45, 2.75) is 26.7 Å². The standard InChI is InChI=1S/C11H19N3O3S/c1-11(2,6-18)8(5-15)17-7-14-4-3-9(12)13-10(14)16/h3-4,8,15,18H,5-7H2,1-2H3,(H2,12,13,16). The highest BCUT2D eigenvalue weighted by Gasteiger charge is 2.28. The minimum atomic E-state index is -0.477. The van der Waals surface area contributed by atoms with Crippen LogP contribution in [0.15, 0.2) is 17.1 Å². The first-order valence-electron chi connectivity index (χ1n) is 5.57. The van der Waals surface area contributed by atoms with Crippen molar-refractivity contribution in [3.8, 4) is 0 Å². The Morgan fingerprint density at radius 1 is 1.67 bits per heavy atom. The molecule has 18 heavy (non-hydrogen) atoms. The summed E-state index contributed by atoms with van der Waals surface area (Å²) in [5, 5.41) is 9.30. The Morgan fingerprint density at radius 2 is 2.33 bits per heavy atom. The number of thiol groups is 1. The predicted molar refractivity (Wildman–Crippen MR) is 72.5 cm³/mol. The molecule has 0 aliphatic heterocycles. The molecule has 1 aromatic heterocycles. The van der Waals surface area contributed by atoms with E-state index in [4.69, 9.17) is 10.5 Å². The Kier molecular flexibility index (Phi) is 5.18. The lowest BCUT2D eigenvalue weighted by Crippen LogP contribution is -2.38. The largest absolute Gasteiger partial charge is 0.394 e. The fraction of sp³-hybridized carbons (Fsp3) is 0.636. The minimum absolute atomic E-state index is 0.0224. The number of ether oxygens (including phenoxy) is 1. The summed E-state index contributed by atoms with van der Waals surface area (Å²) in [6.07, 6.45) is 1.10. The minimum Gasteiger partial charge on any atom is -0.394 e. The molecule has 0 amide bonds. The number of nitrogens with zero attached hydrogens (tertiary/aromatic N) is 2. The van der Waals surface area contributed by atoms with Gasteiger partial charge in [0.25, 0.3) is 0 Å². The van der Waals surface area contributed by atoms with Gasteiger partial charge in [0.05, 0.1) is 12.7 Å². The highest BCUT2D eigenvalue weighted by atomic mass is 32.1. The molecule has 1 heterocycles. The molecule has 0 radical (unpaired) electrons. The van der Waals surface area contributed by atoms with E-state index in [0.717, 1.165) is 0 Å². The molecule has 7 heteroatoms. The van der Waals surface area contributed by atoms with Crippen LogP contribution in [0.2, 0.25) is 0 Å². The van der Waals surface area contributed by atoms with Crippen molar-refractivity contribution in [1.82, 2.24) is 9.55 Å². The van der Waals surface area contributed by atoms with Gasteiger partial charge in [-0.25, -0.2) is 4.79 Å². The number of aromatic nitrogens is 2. The molecule has 1 atom stereocenters. The fourth-order valence-electron chi connectivity index (χ4n) is 1.34. The fourth-order valence-corrected chi connectivity index (χ4v) is 1.54. The first-order valence-corrected chi connectivity index (χ1v) is 6.20. The molecule has 0 aliphatic carbocycles. The zero-order chi connectivity index (χ0) is 13.8. The second-order valence-corrected chi connectivity index (χ2v) is 5.03. The topological polar surface area (TPSA) is 90.4 Å². The number of rotatable bonds is 6. The molecule has 1 rings (SSSR count). The van der Waals surface area contributed by atoms with Gasteiger partial charge in [-0.1, -0.05) is 13.8 Å². The van der Waals surface area contributed by atoms with Crippen molar-refractivity contribution >= 4 is 18.4 Å². The van der Waals surface area contributed by atoms with Crippen LogP contribution in [-0.2, 0) is 11.5 Å². The van der Waals surface area contributed by atoms with E-state index in [0.29, 0.717) is 5.75 Å². The molecule has 0 aromatic carbocycles. The summed E-state index contributed by atoms with van der Waals surface area (Å²) in [6, 6.07) is 1.52. The number of hydrogen-bond donors (Lipinski definition) is 3. The molecular weight excluding hydrogens is 254 g/mol. The second kappa shape index (κ2) is 6.21. The van der Waals surface area contributed by atoms with Gasteiger partial charge in [-0.2, -0.15) is 17.6 Å². The summed E-state index contributed by atoms with van der Waals surface area (Å²) in [6.45, 7) is 3.76. The summed E-state index contributed by atoms with van der Waals surface area (Å²) in [5.41, 5.74) is 4.62. The van der Waals surface area contributed by atoms with Crippen LogP contribution in [0, 0.1) is 5.41 Å². The Balaban J connectivity index is 2.71. The lowest BCUT2D eigenvalue weighted by molar-refractivity contribution is -0.0774. The summed E-state index contributed by atoms with van der Waals surface area (Å²) in [5.74, 6) is 0.735. The summed E-state index contributed by atoms with van der Waals surface area (Å²) in [4.78, 5) is 15.1. The van der Waals surface area contributed by atoms with Gasteiger partial charge >= 0.3 is 5.69 Å². The van der Waals surface area contributed by atoms with E-state index in [1.807, 2.05) is 13.8 Å². The molecule has 102 valence electrons. The van der Waals surface area contributed by atoms with E-state index in [9.17, 15) is 9.90 Å². The Hall–Kier alpha value is -1.05. The van der Waals surface area contributed by atoms with Crippen molar-refractivity contribution in [3.63, 3.8) is 0 Å². The first kappa shape index (κ1) is 15.0. The van der Waals surface area contributed by atoms with Crippen molar-refractivity contribution < 1.29 is 9.84 Å². The van der Waals surface area contributed by atoms with E-state index in [2.05, 4.69) is 17.6 Å². The summed E-state index contributed by atoms with van der Waals surface area (Å²) < 4.78 is 6.82. The maximum Gasteiger partial charge on any atom is 0.351 e. The third kappa shape index (κ3) is 3.72. The van der Waals surface area contributed by atoms with Crippen LogP contribution >= 0.6 is 12.6 Å². The van der Waals surface area contributed by atoms with E-state index < -0.39 is 11.8 Å². The smallest absolute Gasteiger partial charge is 0.351 e. The Morgan fingerprint density at radius 3 is 2.83 bits per heavy atom. The van der Waals surface area contributed by atoms with Crippen LogP contribution in [0.3, 0.4) is 0 Å². The number of aliphatic hydroxyl groups is 1. The van der Waals surface area contributed by atoms with Crippen molar-refractivity contribution in [2.24, 2.45) is 5.41 Å². The predicted octanol–water partition coefficient (Wildman–Crippen LogP) is 0.116. The van der Waals surface area contributed by atoms with Crippen LogP contribution in [0.4, 0.5) is 5.82 Å².